The van der Waals surface area contributed by atoms with Gasteiger partial charge in [0.2, 0.25) is 5.88 Å². The summed E-state index contributed by atoms with van der Waals surface area (Å²) in [6.07, 6.45) is 0.768. The van der Waals surface area contributed by atoms with Gasteiger partial charge in [-0.15, -0.1) is 34.0 Å². The van der Waals surface area contributed by atoms with Crippen LogP contribution in [0.15, 0.2) is 17.5 Å². The maximum Gasteiger partial charge on any atom is 0.261 e. The lowest BCUT2D eigenvalue weighted by Crippen LogP contribution is -2.25. The molecular formula is C21H22N4O3S3. The molecule has 1 amide bonds. The van der Waals surface area contributed by atoms with Crippen molar-refractivity contribution in [2.75, 3.05) is 20.8 Å². The molecule has 0 saturated carbocycles. The molecule has 0 aliphatic rings. The Kier molecular flexibility index (Phi) is 6.61. The third-order valence-corrected chi connectivity index (χ3v) is 7.79. The topological polar surface area (TPSA) is 86.2 Å². The first kappa shape index (κ1) is 21.8. The van der Waals surface area contributed by atoms with Crippen molar-refractivity contribution in [2.45, 2.75) is 26.9 Å². The molecule has 1 N–H and O–H groups in total. The molecule has 4 heterocycles. The predicted molar refractivity (Wildman–Crippen MR) is 126 cm³/mol. The highest BCUT2D eigenvalue weighted by Gasteiger charge is 2.21. The molecule has 162 valence electrons. The van der Waals surface area contributed by atoms with Crippen molar-refractivity contribution in [3.8, 4) is 16.5 Å². The van der Waals surface area contributed by atoms with Crippen molar-refractivity contribution in [1.82, 2.24) is 20.3 Å². The number of nitrogens with one attached hydrogen (secondary N) is 1. The summed E-state index contributed by atoms with van der Waals surface area (Å²) in [5, 5.41) is 6.94. The first-order valence-electron chi connectivity index (χ1n) is 9.62. The van der Waals surface area contributed by atoms with Gasteiger partial charge in [0.15, 0.2) is 5.82 Å². The maximum absolute atomic E-state index is 12.8. The average Bonchev–Trinajstić information content (AvgIpc) is 3.47. The monoisotopic (exact) mass is 474 g/mol. The zero-order valence-corrected chi connectivity index (χ0v) is 20.1. The molecule has 0 spiro atoms. The quantitative estimate of drug-likeness (QED) is 0.401. The second-order valence-corrected chi connectivity index (χ2v) is 10.1. The number of nitrogens with zero attached hydrogens (tertiary/aromatic N) is 3. The molecule has 31 heavy (non-hydrogen) atoms. The minimum absolute atomic E-state index is 0.109. The summed E-state index contributed by atoms with van der Waals surface area (Å²) >= 11 is 4.71. The first-order chi connectivity index (χ1) is 15.0. The Hall–Kier alpha value is -2.40. The number of thiazole rings is 1. The number of carbonyl (C=O) groups excluding carboxylic acids is 1. The molecule has 0 atom stereocenters. The standard InChI is InChI=1S/C21H22N4O3S3/c1-11-17-20(28-4)24-16(9-27-3)25-21(17)31-18(11)19(26)22-8-7-13-5-6-15(30-13)14-10-29-12(2)23-14/h5-6,10H,7-9H2,1-4H3,(H,22,26). The van der Waals surface area contributed by atoms with E-state index in [1.54, 1.807) is 36.9 Å². The Balaban J connectivity index is 1.45. The van der Waals surface area contributed by atoms with Crippen LogP contribution in [0.3, 0.4) is 0 Å². The Bertz CT molecular complexity index is 1230. The zero-order chi connectivity index (χ0) is 22.0. The van der Waals surface area contributed by atoms with Crippen LogP contribution in [0.4, 0.5) is 0 Å². The van der Waals surface area contributed by atoms with Crippen LogP contribution >= 0.6 is 34.0 Å². The predicted octanol–water partition coefficient (Wildman–Crippen LogP) is 4.62. The SMILES string of the molecule is COCc1nc(OC)c2c(C)c(C(=O)NCCc3ccc(-c4csc(C)n4)s3)sc2n1. The lowest BCUT2D eigenvalue weighted by molar-refractivity contribution is 0.0958. The average molecular weight is 475 g/mol. The fourth-order valence-electron chi connectivity index (χ4n) is 3.21. The van der Waals surface area contributed by atoms with E-state index in [9.17, 15) is 4.79 Å². The second-order valence-electron chi connectivity index (χ2n) is 6.84. The lowest BCUT2D eigenvalue weighted by atomic mass is 10.2. The third kappa shape index (κ3) is 4.62. The van der Waals surface area contributed by atoms with Crippen LogP contribution in [0.1, 0.15) is 30.9 Å². The van der Waals surface area contributed by atoms with Crippen LogP contribution in [0, 0.1) is 13.8 Å². The molecule has 0 aliphatic heterocycles. The van der Waals surface area contributed by atoms with E-state index in [2.05, 4.69) is 37.8 Å². The Labute approximate surface area is 192 Å². The van der Waals surface area contributed by atoms with E-state index in [0.29, 0.717) is 23.1 Å². The summed E-state index contributed by atoms with van der Waals surface area (Å²) in [6, 6.07) is 4.19. The van der Waals surface area contributed by atoms with E-state index < -0.39 is 0 Å². The number of carbonyl (C=O) groups is 1. The van der Waals surface area contributed by atoms with Gasteiger partial charge in [0.25, 0.3) is 5.91 Å². The highest BCUT2D eigenvalue weighted by atomic mass is 32.1. The van der Waals surface area contributed by atoms with Crippen LogP contribution in [-0.4, -0.2) is 41.6 Å². The third-order valence-electron chi connectivity index (χ3n) is 4.67. The van der Waals surface area contributed by atoms with Crippen molar-refractivity contribution < 1.29 is 14.3 Å². The molecule has 4 rings (SSSR count). The summed E-state index contributed by atoms with van der Waals surface area (Å²) in [7, 11) is 3.16. The van der Waals surface area contributed by atoms with E-state index in [-0.39, 0.29) is 12.5 Å². The molecule has 10 heteroatoms. The van der Waals surface area contributed by atoms with E-state index in [1.165, 1.54) is 16.2 Å². The van der Waals surface area contributed by atoms with Crippen molar-refractivity contribution in [2.24, 2.45) is 0 Å². The highest BCUT2D eigenvalue weighted by Crippen LogP contribution is 2.35. The lowest BCUT2D eigenvalue weighted by Gasteiger charge is -2.05. The van der Waals surface area contributed by atoms with Crippen molar-refractivity contribution in [1.29, 1.82) is 0 Å². The summed E-state index contributed by atoms with van der Waals surface area (Å²) in [4.78, 5) is 30.0. The van der Waals surface area contributed by atoms with Gasteiger partial charge >= 0.3 is 0 Å². The zero-order valence-electron chi connectivity index (χ0n) is 17.6. The molecule has 4 aromatic rings. The molecule has 0 saturated heterocycles. The molecule has 4 aromatic heterocycles. The summed E-state index contributed by atoms with van der Waals surface area (Å²) < 4.78 is 10.6. The van der Waals surface area contributed by atoms with Gasteiger partial charge in [-0.05, 0) is 38.0 Å². The van der Waals surface area contributed by atoms with E-state index in [4.69, 9.17) is 9.47 Å². The smallest absolute Gasteiger partial charge is 0.261 e. The number of hydrogen-bond donors (Lipinski definition) is 1. The fraction of sp³-hybridized carbons (Fsp3) is 0.333. The van der Waals surface area contributed by atoms with Gasteiger partial charge in [0.1, 0.15) is 11.4 Å². The largest absolute Gasteiger partial charge is 0.480 e. The first-order valence-corrected chi connectivity index (χ1v) is 12.1. The Morgan fingerprint density at radius 3 is 2.68 bits per heavy atom. The number of amides is 1. The number of ether oxygens (including phenoxy) is 2. The molecule has 0 aromatic carbocycles. The minimum atomic E-state index is -0.109. The van der Waals surface area contributed by atoms with Crippen LogP contribution in [0.5, 0.6) is 5.88 Å². The summed E-state index contributed by atoms with van der Waals surface area (Å²) in [6.45, 7) is 4.75. The second kappa shape index (κ2) is 9.39. The summed E-state index contributed by atoms with van der Waals surface area (Å²) in [5.74, 6) is 0.889. The number of hydrogen-bond acceptors (Lipinski definition) is 9. The summed E-state index contributed by atoms with van der Waals surface area (Å²) in [5.41, 5.74) is 1.85. The Morgan fingerprint density at radius 1 is 1.13 bits per heavy atom. The number of aromatic nitrogens is 3. The van der Waals surface area contributed by atoms with E-state index in [1.807, 2.05) is 13.8 Å². The number of aryl methyl sites for hydroxylation is 2. The van der Waals surface area contributed by atoms with E-state index in [0.717, 1.165) is 37.8 Å². The molecule has 0 bridgehead atoms. The van der Waals surface area contributed by atoms with E-state index >= 15 is 0 Å². The normalized spacial score (nSPS) is 11.2. The van der Waals surface area contributed by atoms with Gasteiger partial charge in [-0.25, -0.2) is 9.97 Å². The fourth-order valence-corrected chi connectivity index (χ4v) is 5.97. The van der Waals surface area contributed by atoms with Crippen molar-refractivity contribution >= 4 is 50.1 Å². The van der Waals surface area contributed by atoms with Gasteiger partial charge in [-0.1, -0.05) is 0 Å². The van der Waals surface area contributed by atoms with Crippen LogP contribution in [0.25, 0.3) is 20.8 Å². The molecular weight excluding hydrogens is 452 g/mol. The van der Waals surface area contributed by atoms with Crippen LogP contribution < -0.4 is 10.1 Å². The molecule has 0 aliphatic carbocycles. The Morgan fingerprint density at radius 2 is 1.97 bits per heavy atom. The molecule has 0 unspecified atom stereocenters. The van der Waals surface area contributed by atoms with Gasteiger partial charge in [0.05, 0.1) is 33.0 Å². The van der Waals surface area contributed by atoms with Crippen LogP contribution in [-0.2, 0) is 17.8 Å². The van der Waals surface area contributed by atoms with Crippen molar-refractivity contribution in [3.05, 3.63) is 43.7 Å². The molecule has 7 nitrogen and oxygen atoms in total. The van der Waals surface area contributed by atoms with Crippen LogP contribution in [0.2, 0.25) is 0 Å². The van der Waals surface area contributed by atoms with Crippen molar-refractivity contribution in [3.63, 3.8) is 0 Å². The number of fused-ring (bicyclic) bond motifs is 1. The molecule has 0 radical (unpaired) electrons. The van der Waals surface area contributed by atoms with Gasteiger partial charge in [-0.3, -0.25) is 4.79 Å². The highest BCUT2D eigenvalue weighted by molar-refractivity contribution is 7.20. The minimum Gasteiger partial charge on any atom is -0.480 e. The maximum atomic E-state index is 12.8. The number of thiophene rings is 2. The van der Waals surface area contributed by atoms with Gasteiger partial charge in [0, 0.05) is 23.9 Å². The van der Waals surface area contributed by atoms with Gasteiger partial charge in [-0.2, -0.15) is 4.98 Å². The number of methoxy groups -OCH3 is 2. The molecule has 0 fully saturated rings. The van der Waals surface area contributed by atoms with Gasteiger partial charge < -0.3 is 14.8 Å². The number of rotatable bonds is 8.